The lowest BCUT2D eigenvalue weighted by molar-refractivity contribution is -0.139. The molecule has 6 N–H and O–H groups in total. The number of amides is 3. The topological polar surface area (TPSA) is 178 Å². The maximum absolute atomic E-state index is 13.2. The molecule has 1 unspecified atom stereocenters. The van der Waals surface area contributed by atoms with E-state index in [0.29, 0.717) is 0 Å². The van der Waals surface area contributed by atoms with E-state index in [0.717, 1.165) is 16.5 Å². The highest BCUT2D eigenvalue weighted by Crippen LogP contribution is 2.22. The number of nitrogens with one attached hydrogen (secondary N) is 4. The molecule has 0 aliphatic heterocycles. The number of aliphatic carboxylic acids is 2. The summed E-state index contributed by atoms with van der Waals surface area (Å²) in [6.45, 7) is 0. The lowest BCUT2D eigenvalue weighted by atomic mass is 10.0. The van der Waals surface area contributed by atoms with E-state index in [1.165, 1.54) is 24.3 Å². The first-order valence-corrected chi connectivity index (χ1v) is 12.3. The van der Waals surface area contributed by atoms with Crippen LogP contribution in [-0.2, 0) is 20.8 Å². The minimum absolute atomic E-state index is 0.0363. The SMILES string of the molecule is O=C(O)CCC(=O)Nc1ccccc1C(=O)Nc1ccccc1C(=O)NC(Cc1c[nH]c2ccccc12)C(=O)O. The fourth-order valence-corrected chi connectivity index (χ4v) is 4.16. The summed E-state index contributed by atoms with van der Waals surface area (Å²) in [5.74, 6) is -4.24. The van der Waals surface area contributed by atoms with Crippen LogP contribution < -0.4 is 16.0 Å². The van der Waals surface area contributed by atoms with E-state index in [1.54, 1.807) is 30.5 Å². The first-order valence-electron chi connectivity index (χ1n) is 12.3. The van der Waals surface area contributed by atoms with E-state index >= 15 is 0 Å². The van der Waals surface area contributed by atoms with Gasteiger partial charge in [-0.2, -0.15) is 0 Å². The van der Waals surface area contributed by atoms with Gasteiger partial charge in [-0.1, -0.05) is 42.5 Å². The van der Waals surface area contributed by atoms with Crippen LogP contribution >= 0.6 is 0 Å². The molecule has 3 amide bonds. The third kappa shape index (κ3) is 6.70. The molecular weight excluding hydrogens is 516 g/mol. The van der Waals surface area contributed by atoms with Gasteiger partial charge in [-0.25, -0.2) is 4.79 Å². The van der Waals surface area contributed by atoms with Crippen LogP contribution in [0.1, 0.15) is 39.1 Å². The van der Waals surface area contributed by atoms with Crippen LogP contribution in [-0.4, -0.2) is 50.9 Å². The second-order valence-electron chi connectivity index (χ2n) is 8.92. The molecule has 0 spiro atoms. The van der Waals surface area contributed by atoms with Crippen molar-refractivity contribution in [2.45, 2.75) is 25.3 Å². The smallest absolute Gasteiger partial charge is 0.326 e. The van der Waals surface area contributed by atoms with Crippen LogP contribution in [0, 0.1) is 0 Å². The minimum atomic E-state index is -1.24. The molecule has 4 aromatic rings. The van der Waals surface area contributed by atoms with Gasteiger partial charge in [0.05, 0.1) is 28.9 Å². The van der Waals surface area contributed by atoms with Gasteiger partial charge < -0.3 is 31.1 Å². The fourth-order valence-electron chi connectivity index (χ4n) is 4.16. The maximum Gasteiger partial charge on any atom is 0.326 e. The molecule has 40 heavy (non-hydrogen) atoms. The van der Waals surface area contributed by atoms with Gasteiger partial charge in [0, 0.05) is 29.9 Å². The Morgan fingerprint density at radius 3 is 2.00 bits per heavy atom. The summed E-state index contributed by atoms with van der Waals surface area (Å²) in [7, 11) is 0. The third-order valence-corrected chi connectivity index (χ3v) is 6.13. The number of carbonyl (C=O) groups excluding carboxylic acids is 3. The highest BCUT2D eigenvalue weighted by molar-refractivity contribution is 6.13. The van der Waals surface area contributed by atoms with E-state index in [1.807, 2.05) is 24.3 Å². The molecule has 0 aliphatic carbocycles. The molecule has 0 bridgehead atoms. The number of aromatic amines is 1. The van der Waals surface area contributed by atoms with Crippen LogP contribution in [0.2, 0.25) is 0 Å². The van der Waals surface area contributed by atoms with E-state index in [9.17, 15) is 29.1 Å². The van der Waals surface area contributed by atoms with Crippen LogP contribution in [0.4, 0.5) is 11.4 Å². The zero-order chi connectivity index (χ0) is 28.6. The average molecular weight is 543 g/mol. The molecule has 0 aliphatic rings. The second kappa shape index (κ2) is 12.4. The van der Waals surface area contributed by atoms with Crippen molar-refractivity contribution in [3.05, 3.63) is 95.7 Å². The molecule has 3 aromatic carbocycles. The summed E-state index contributed by atoms with van der Waals surface area (Å²) < 4.78 is 0. The van der Waals surface area contributed by atoms with Crippen LogP contribution in [0.25, 0.3) is 10.9 Å². The van der Waals surface area contributed by atoms with Gasteiger partial charge in [0.2, 0.25) is 5.91 Å². The highest BCUT2D eigenvalue weighted by Gasteiger charge is 2.24. The number of carboxylic acids is 2. The third-order valence-electron chi connectivity index (χ3n) is 6.13. The summed E-state index contributed by atoms with van der Waals surface area (Å²) >= 11 is 0. The Kier molecular flexibility index (Phi) is 8.55. The van der Waals surface area contributed by atoms with Crippen molar-refractivity contribution in [1.29, 1.82) is 0 Å². The van der Waals surface area contributed by atoms with Crippen molar-refractivity contribution in [3.8, 4) is 0 Å². The first-order chi connectivity index (χ1) is 19.2. The van der Waals surface area contributed by atoms with Crippen molar-refractivity contribution in [2.75, 3.05) is 10.6 Å². The van der Waals surface area contributed by atoms with E-state index in [4.69, 9.17) is 5.11 Å². The molecule has 0 radical (unpaired) electrons. The number of carboxylic acid groups (broad SMARTS) is 2. The Morgan fingerprint density at radius 2 is 1.32 bits per heavy atom. The molecule has 11 heteroatoms. The Morgan fingerprint density at radius 1 is 0.725 bits per heavy atom. The summed E-state index contributed by atoms with van der Waals surface area (Å²) in [6.07, 6.45) is 1.12. The van der Waals surface area contributed by atoms with Gasteiger partial charge in [0.1, 0.15) is 6.04 Å². The molecule has 1 heterocycles. The van der Waals surface area contributed by atoms with Crippen molar-refractivity contribution in [3.63, 3.8) is 0 Å². The van der Waals surface area contributed by atoms with Crippen molar-refractivity contribution in [2.24, 2.45) is 0 Å². The van der Waals surface area contributed by atoms with Gasteiger partial charge >= 0.3 is 11.9 Å². The summed E-state index contributed by atoms with van der Waals surface area (Å²) in [5.41, 5.74) is 2.01. The van der Waals surface area contributed by atoms with Crippen LogP contribution in [0.15, 0.2) is 79.0 Å². The van der Waals surface area contributed by atoms with E-state index < -0.39 is 35.7 Å². The van der Waals surface area contributed by atoms with Gasteiger partial charge in [0.25, 0.3) is 11.8 Å². The Hall–Kier alpha value is -5.45. The first kappa shape index (κ1) is 27.6. The molecule has 0 saturated heterocycles. The molecule has 1 aromatic heterocycles. The molecule has 4 rings (SSSR count). The lowest BCUT2D eigenvalue weighted by Gasteiger charge is -2.17. The molecule has 11 nitrogen and oxygen atoms in total. The standard InChI is InChI=1S/C29H26N4O7/c34-25(13-14-26(35)36)31-22-11-5-2-8-19(22)27(37)32-23-12-6-3-9-20(23)28(38)33-24(29(39)40)15-17-16-30-21-10-4-1-7-18(17)21/h1-12,16,24,30H,13-15H2,(H,31,34)(H,32,37)(H,33,38)(H,35,36)(H,39,40). The largest absolute Gasteiger partial charge is 0.481 e. The number of benzene rings is 3. The predicted octanol–water partition coefficient (Wildman–Crippen LogP) is 3.65. The summed E-state index contributed by atoms with van der Waals surface area (Å²) in [5, 5.41) is 27.2. The number of H-pyrrole nitrogens is 1. The zero-order valence-corrected chi connectivity index (χ0v) is 21.1. The number of hydrogen-bond acceptors (Lipinski definition) is 5. The number of fused-ring (bicyclic) bond motifs is 1. The molecule has 0 fully saturated rings. The number of carbonyl (C=O) groups is 5. The second-order valence-corrected chi connectivity index (χ2v) is 8.92. The Bertz CT molecular complexity index is 1590. The number of anilines is 2. The molecule has 0 saturated carbocycles. The van der Waals surface area contributed by atoms with Crippen molar-refractivity contribution >= 4 is 51.9 Å². The zero-order valence-electron chi connectivity index (χ0n) is 21.1. The van der Waals surface area contributed by atoms with Gasteiger partial charge in [-0.05, 0) is 35.9 Å². The monoisotopic (exact) mass is 542 g/mol. The van der Waals surface area contributed by atoms with E-state index in [-0.39, 0.29) is 41.8 Å². The van der Waals surface area contributed by atoms with Crippen LogP contribution in [0.5, 0.6) is 0 Å². The number of rotatable bonds is 11. The quantitative estimate of drug-likeness (QED) is 0.167. The highest BCUT2D eigenvalue weighted by atomic mass is 16.4. The van der Waals surface area contributed by atoms with E-state index in [2.05, 4.69) is 20.9 Å². The lowest BCUT2D eigenvalue weighted by Crippen LogP contribution is -2.42. The number of aromatic nitrogens is 1. The van der Waals surface area contributed by atoms with Crippen molar-refractivity contribution in [1.82, 2.24) is 10.3 Å². The Labute approximate surface area is 228 Å². The van der Waals surface area contributed by atoms with Crippen molar-refractivity contribution < 1.29 is 34.2 Å². The van der Waals surface area contributed by atoms with Gasteiger partial charge in [-0.15, -0.1) is 0 Å². The van der Waals surface area contributed by atoms with Crippen LogP contribution in [0.3, 0.4) is 0 Å². The Balaban J connectivity index is 1.50. The summed E-state index contributed by atoms with van der Waals surface area (Å²) in [6, 6.07) is 18.5. The molecule has 1 atom stereocenters. The van der Waals surface area contributed by atoms with Gasteiger partial charge in [-0.3, -0.25) is 19.2 Å². The summed E-state index contributed by atoms with van der Waals surface area (Å²) in [4.78, 5) is 64.3. The minimum Gasteiger partial charge on any atom is -0.481 e. The fraction of sp³-hybridized carbons (Fsp3) is 0.138. The number of hydrogen-bond donors (Lipinski definition) is 6. The normalized spacial score (nSPS) is 11.4. The predicted molar refractivity (Wildman–Crippen MR) is 147 cm³/mol. The molecule has 204 valence electrons. The average Bonchev–Trinajstić information content (AvgIpc) is 3.34. The number of para-hydroxylation sites is 3. The molecular formula is C29H26N4O7. The van der Waals surface area contributed by atoms with Gasteiger partial charge in [0.15, 0.2) is 0 Å². The maximum atomic E-state index is 13.2.